The molecule has 0 rings (SSSR count). The highest BCUT2D eigenvalue weighted by molar-refractivity contribution is 8.26. The summed E-state index contributed by atoms with van der Waals surface area (Å²) in [7, 11) is -1.07. The molecular weight excluding hydrogens is 214 g/mol. The molecule has 0 saturated heterocycles. The van der Waals surface area contributed by atoms with Crippen LogP contribution in [-0.2, 0) is 9.47 Å². The number of nitrogens with two attached hydrogens (primary N) is 1. The van der Waals surface area contributed by atoms with E-state index < -0.39 is 7.95 Å². The first-order chi connectivity index (χ1) is 6.65. The molecule has 86 valence electrons. The smallest absolute Gasteiger partial charge is 0.168 e. The summed E-state index contributed by atoms with van der Waals surface area (Å²) in [5, 5.41) is 0.190. The van der Waals surface area contributed by atoms with E-state index in [1.807, 2.05) is 32.0 Å². The fourth-order valence-electron chi connectivity index (χ4n) is 1.22. The molecule has 0 aromatic rings. The maximum Gasteiger partial charge on any atom is 0.168 e. The van der Waals surface area contributed by atoms with E-state index in [4.69, 9.17) is 15.2 Å². The second kappa shape index (κ2) is 8.73. The molecule has 2 atom stereocenters. The van der Waals surface area contributed by atoms with E-state index in [1.54, 1.807) is 0 Å². The van der Waals surface area contributed by atoms with Gasteiger partial charge in [-0.05, 0) is 26.8 Å². The summed E-state index contributed by atoms with van der Waals surface area (Å²) in [5.41, 5.74) is 5.79. The minimum atomic E-state index is -1.07. The monoisotopic (exact) mass is 237 g/mol. The van der Waals surface area contributed by atoms with Crippen molar-refractivity contribution in [3.05, 3.63) is 0 Å². The lowest BCUT2D eigenvalue weighted by molar-refractivity contribution is -0.0836. The zero-order valence-corrected chi connectivity index (χ0v) is 11.6. The predicted molar refractivity (Wildman–Crippen MR) is 65.9 cm³/mol. The lowest BCUT2D eigenvalue weighted by Crippen LogP contribution is -2.35. The van der Waals surface area contributed by atoms with Gasteiger partial charge in [-0.15, -0.1) is 0 Å². The summed E-state index contributed by atoms with van der Waals surface area (Å²) in [6, 6.07) is 1.15. The maximum absolute atomic E-state index is 5.79. The molecule has 0 aliphatic rings. The largest absolute Gasteiger partial charge is 0.356 e. The Hall–Kier alpha value is 0.447. The maximum atomic E-state index is 5.79. The van der Waals surface area contributed by atoms with Crippen LogP contribution in [0.15, 0.2) is 0 Å². The van der Waals surface area contributed by atoms with Gasteiger partial charge in [0, 0.05) is 18.6 Å². The normalized spacial score (nSPS) is 15.9. The van der Waals surface area contributed by atoms with Gasteiger partial charge in [-0.2, -0.15) is 11.2 Å². The summed E-state index contributed by atoms with van der Waals surface area (Å²) in [6.45, 7) is 9.65. The van der Waals surface area contributed by atoms with Crippen LogP contribution in [0, 0.1) is 0 Å². The van der Waals surface area contributed by atoms with E-state index in [2.05, 4.69) is 6.92 Å². The number of rotatable bonds is 8. The molecular formula is C9H23NO2SSi. The molecule has 0 aliphatic carbocycles. The van der Waals surface area contributed by atoms with E-state index in [0.29, 0.717) is 13.2 Å². The van der Waals surface area contributed by atoms with Crippen molar-refractivity contribution in [3.8, 4) is 0 Å². The summed E-state index contributed by atoms with van der Waals surface area (Å²) >= 11 is 1.85. The van der Waals surface area contributed by atoms with Crippen LogP contribution in [0.2, 0.25) is 6.04 Å². The van der Waals surface area contributed by atoms with E-state index in [0.717, 1.165) is 6.04 Å². The van der Waals surface area contributed by atoms with E-state index >= 15 is 0 Å². The van der Waals surface area contributed by atoms with Crippen LogP contribution in [0.3, 0.4) is 0 Å². The van der Waals surface area contributed by atoms with Crippen molar-refractivity contribution < 1.29 is 9.47 Å². The van der Waals surface area contributed by atoms with Crippen molar-refractivity contribution in [2.75, 3.05) is 13.2 Å². The topological polar surface area (TPSA) is 44.5 Å². The summed E-state index contributed by atoms with van der Waals surface area (Å²) in [6.07, 6.45) is 0. The van der Waals surface area contributed by atoms with Crippen LogP contribution in [0.4, 0.5) is 0 Å². The zero-order chi connectivity index (χ0) is 11.0. The molecule has 0 aliphatic heterocycles. The van der Waals surface area contributed by atoms with E-state index in [-0.39, 0.29) is 11.3 Å². The van der Waals surface area contributed by atoms with Crippen LogP contribution in [-0.4, -0.2) is 32.4 Å². The summed E-state index contributed by atoms with van der Waals surface area (Å²) in [4.78, 5) is 0. The van der Waals surface area contributed by atoms with Gasteiger partial charge in [0.15, 0.2) is 7.95 Å². The van der Waals surface area contributed by atoms with Gasteiger partial charge < -0.3 is 15.2 Å². The Morgan fingerprint density at radius 1 is 1.21 bits per heavy atom. The van der Waals surface area contributed by atoms with Crippen LogP contribution in [0.25, 0.3) is 0 Å². The molecule has 0 aromatic heterocycles. The molecule has 0 bridgehead atoms. The van der Waals surface area contributed by atoms with Gasteiger partial charge in [-0.25, -0.2) is 0 Å². The van der Waals surface area contributed by atoms with Crippen LogP contribution in [0.1, 0.15) is 27.7 Å². The number of ether oxygens (including phenoxy) is 2. The standard InChI is InChI=1S/C9H23NO2SSi/c1-5-11-9(12-6-2)14(7-3)13-8(4)10/h8-9,14H,5-7,10H2,1-4H3. The Morgan fingerprint density at radius 3 is 2.00 bits per heavy atom. The van der Waals surface area contributed by atoms with Crippen molar-refractivity contribution in [1.29, 1.82) is 0 Å². The number of hydrogen-bond acceptors (Lipinski definition) is 4. The third-order valence-corrected chi connectivity index (χ3v) is 8.34. The Morgan fingerprint density at radius 2 is 1.71 bits per heavy atom. The Labute approximate surface area is 93.0 Å². The highest BCUT2D eigenvalue weighted by atomic mass is 32.4. The highest BCUT2D eigenvalue weighted by Gasteiger charge is 2.24. The predicted octanol–water partition coefficient (Wildman–Crippen LogP) is 1.71. The molecule has 0 spiro atoms. The minimum Gasteiger partial charge on any atom is -0.356 e. The van der Waals surface area contributed by atoms with Crippen molar-refractivity contribution in [2.45, 2.75) is 45.0 Å². The zero-order valence-electron chi connectivity index (χ0n) is 9.66. The number of hydrogen-bond donors (Lipinski definition) is 1. The average Bonchev–Trinajstić information content (AvgIpc) is 2.13. The fraction of sp³-hybridized carbons (Fsp3) is 1.00. The molecule has 2 N–H and O–H groups in total. The van der Waals surface area contributed by atoms with Crippen LogP contribution < -0.4 is 5.73 Å². The Balaban J connectivity index is 4.10. The Bertz CT molecular complexity index is 132. The van der Waals surface area contributed by atoms with Gasteiger partial charge in [0.2, 0.25) is 0 Å². The molecule has 14 heavy (non-hydrogen) atoms. The third-order valence-electron chi connectivity index (χ3n) is 1.76. The third kappa shape index (κ3) is 6.03. The highest BCUT2D eigenvalue weighted by Crippen LogP contribution is 2.20. The Kier molecular flexibility index (Phi) is 9.01. The quantitative estimate of drug-likeness (QED) is 0.515. The van der Waals surface area contributed by atoms with Gasteiger partial charge in [0.1, 0.15) is 5.91 Å². The van der Waals surface area contributed by atoms with Crippen molar-refractivity contribution >= 4 is 19.2 Å². The molecule has 0 heterocycles. The molecule has 0 fully saturated rings. The first-order valence-electron chi connectivity index (χ1n) is 5.29. The summed E-state index contributed by atoms with van der Waals surface area (Å²) in [5.74, 6) is 0.0194. The van der Waals surface area contributed by atoms with Crippen LogP contribution in [0.5, 0.6) is 0 Å². The lowest BCUT2D eigenvalue weighted by Gasteiger charge is -2.25. The minimum absolute atomic E-state index is 0.0194. The van der Waals surface area contributed by atoms with Crippen molar-refractivity contribution in [2.24, 2.45) is 5.73 Å². The molecule has 0 saturated carbocycles. The molecule has 0 radical (unpaired) electrons. The van der Waals surface area contributed by atoms with Gasteiger partial charge in [-0.1, -0.05) is 6.92 Å². The fourth-order valence-corrected chi connectivity index (χ4v) is 6.38. The van der Waals surface area contributed by atoms with E-state index in [9.17, 15) is 0 Å². The molecule has 5 heteroatoms. The second-order valence-corrected chi connectivity index (χ2v) is 9.15. The molecule has 3 nitrogen and oxygen atoms in total. The van der Waals surface area contributed by atoms with Crippen molar-refractivity contribution in [1.82, 2.24) is 0 Å². The second-order valence-electron chi connectivity index (χ2n) is 3.07. The molecule has 2 unspecified atom stereocenters. The van der Waals surface area contributed by atoms with Crippen molar-refractivity contribution in [3.63, 3.8) is 0 Å². The first-order valence-corrected chi connectivity index (χ1v) is 9.13. The first kappa shape index (κ1) is 14.4. The van der Waals surface area contributed by atoms with Gasteiger partial charge in [-0.3, -0.25) is 0 Å². The SMILES string of the molecule is CCOC(OCC)[SiH](CC)SC(C)N. The molecule has 0 aromatic carbocycles. The average molecular weight is 237 g/mol. The van der Waals surface area contributed by atoms with Crippen LogP contribution >= 0.6 is 11.2 Å². The van der Waals surface area contributed by atoms with Gasteiger partial charge >= 0.3 is 0 Å². The van der Waals surface area contributed by atoms with Gasteiger partial charge in [0.05, 0.1) is 0 Å². The lowest BCUT2D eigenvalue weighted by atomic mass is 10.8. The molecule has 0 amide bonds. The van der Waals surface area contributed by atoms with E-state index in [1.165, 1.54) is 0 Å². The summed E-state index contributed by atoms with van der Waals surface area (Å²) < 4.78 is 11.2. The van der Waals surface area contributed by atoms with Gasteiger partial charge in [0.25, 0.3) is 0 Å².